The van der Waals surface area contributed by atoms with Crippen molar-refractivity contribution in [2.75, 3.05) is 18.0 Å². The molecule has 0 saturated heterocycles. The van der Waals surface area contributed by atoms with Gasteiger partial charge in [0.15, 0.2) is 0 Å². The van der Waals surface area contributed by atoms with Crippen LogP contribution in [0.1, 0.15) is 19.3 Å². The van der Waals surface area contributed by atoms with Crippen molar-refractivity contribution in [1.29, 1.82) is 0 Å². The fraction of sp³-hybridized carbons (Fsp3) is 0.385. The molecule has 1 rings (SSSR count). The average molecular weight is 296 g/mol. The monoisotopic (exact) mass is 296 g/mol. The molecule has 1 aromatic carbocycles. The first-order valence-electron chi connectivity index (χ1n) is 6.33. The van der Waals surface area contributed by atoms with E-state index in [9.17, 15) is 19.7 Å². The Morgan fingerprint density at radius 3 is 2.38 bits per heavy atom. The van der Waals surface area contributed by atoms with Crippen LogP contribution in [-0.2, 0) is 9.59 Å². The number of carboxylic acids is 2. The minimum absolute atomic E-state index is 0.0432. The van der Waals surface area contributed by atoms with Crippen LogP contribution in [0.25, 0.3) is 0 Å². The van der Waals surface area contributed by atoms with Crippen molar-refractivity contribution in [3.8, 4) is 0 Å². The molecule has 0 spiro atoms. The molecule has 0 heterocycles. The number of rotatable bonds is 9. The van der Waals surface area contributed by atoms with E-state index >= 15 is 0 Å². The molecular formula is C13H16N2O6. The van der Waals surface area contributed by atoms with E-state index in [4.69, 9.17) is 10.2 Å². The van der Waals surface area contributed by atoms with Crippen LogP contribution >= 0.6 is 0 Å². The summed E-state index contributed by atoms with van der Waals surface area (Å²) in [5.41, 5.74) is 0.418. The van der Waals surface area contributed by atoms with Gasteiger partial charge in [-0.05, 0) is 12.5 Å². The van der Waals surface area contributed by atoms with Crippen molar-refractivity contribution < 1.29 is 24.7 Å². The highest BCUT2D eigenvalue weighted by Gasteiger charge is 2.13. The topological polar surface area (TPSA) is 121 Å². The number of carboxylic acid groups (broad SMARTS) is 2. The molecule has 114 valence electrons. The Balaban J connectivity index is 2.82. The molecule has 21 heavy (non-hydrogen) atoms. The maximum Gasteiger partial charge on any atom is 0.305 e. The smallest absolute Gasteiger partial charge is 0.305 e. The van der Waals surface area contributed by atoms with Crippen LogP contribution in [0.15, 0.2) is 24.3 Å². The third kappa shape index (κ3) is 5.89. The lowest BCUT2D eigenvalue weighted by Gasteiger charge is -2.23. The summed E-state index contributed by atoms with van der Waals surface area (Å²) in [5.74, 6) is -1.92. The van der Waals surface area contributed by atoms with Crippen LogP contribution in [0.4, 0.5) is 11.4 Å². The number of hydrogen-bond acceptors (Lipinski definition) is 5. The van der Waals surface area contributed by atoms with Gasteiger partial charge in [-0.1, -0.05) is 6.07 Å². The molecule has 0 radical (unpaired) electrons. The number of nitrogens with zero attached hydrogens (tertiary/aromatic N) is 2. The summed E-state index contributed by atoms with van der Waals surface area (Å²) in [6.07, 6.45) is 0.159. The fourth-order valence-electron chi connectivity index (χ4n) is 1.83. The molecule has 0 atom stereocenters. The van der Waals surface area contributed by atoms with Gasteiger partial charge in [0.25, 0.3) is 5.69 Å². The molecule has 0 aliphatic rings. The molecule has 0 amide bonds. The number of carbonyl (C=O) groups is 2. The lowest BCUT2D eigenvalue weighted by atomic mass is 10.2. The van der Waals surface area contributed by atoms with Gasteiger partial charge in [-0.25, -0.2) is 0 Å². The summed E-state index contributed by atoms with van der Waals surface area (Å²) >= 11 is 0. The van der Waals surface area contributed by atoms with Crippen LogP contribution < -0.4 is 4.90 Å². The number of anilines is 1. The lowest BCUT2D eigenvalue weighted by Crippen LogP contribution is -2.27. The van der Waals surface area contributed by atoms with E-state index in [1.54, 1.807) is 11.0 Å². The highest BCUT2D eigenvalue weighted by atomic mass is 16.6. The highest BCUT2D eigenvalue weighted by Crippen LogP contribution is 2.21. The van der Waals surface area contributed by atoms with Crippen molar-refractivity contribution in [1.82, 2.24) is 0 Å². The average Bonchev–Trinajstić information content (AvgIpc) is 2.42. The first kappa shape index (κ1) is 16.4. The van der Waals surface area contributed by atoms with Crippen molar-refractivity contribution in [3.63, 3.8) is 0 Å². The Kier molecular flexibility index (Phi) is 6.12. The Labute approximate surface area is 120 Å². The van der Waals surface area contributed by atoms with Gasteiger partial charge in [0.05, 0.1) is 11.3 Å². The minimum Gasteiger partial charge on any atom is -0.481 e. The van der Waals surface area contributed by atoms with Gasteiger partial charge >= 0.3 is 11.9 Å². The molecule has 0 fully saturated rings. The number of nitro groups is 1. The van der Waals surface area contributed by atoms with Crippen molar-refractivity contribution in [2.45, 2.75) is 19.3 Å². The zero-order chi connectivity index (χ0) is 15.8. The Morgan fingerprint density at radius 2 is 1.81 bits per heavy atom. The second kappa shape index (κ2) is 7.83. The highest BCUT2D eigenvalue weighted by molar-refractivity contribution is 5.68. The van der Waals surface area contributed by atoms with Gasteiger partial charge in [-0.15, -0.1) is 0 Å². The maximum atomic E-state index is 10.8. The summed E-state index contributed by atoms with van der Waals surface area (Å²) in [6, 6.07) is 5.84. The molecule has 0 unspecified atom stereocenters. The molecular weight excluding hydrogens is 280 g/mol. The quantitative estimate of drug-likeness (QED) is 0.525. The van der Waals surface area contributed by atoms with E-state index in [-0.39, 0.29) is 25.1 Å². The Morgan fingerprint density at radius 1 is 1.14 bits per heavy atom. The first-order chi connectivity index (χ1) is 9.90. The summed E-state index contributed by atoms with van der Waals surface area (Å²) in [4.78, 5) is 33.1. The Hall–Kier alpha value is -2.64. The van der Waals surface area contributed by atoms with Crippen LogP contribution in [0.3, 0.4) is 0 Å². The number of nitro benzene ring substituents is 1. The first-order valence-corrected chi connectivity index (χ1v) is 6.33. The maximum absolute atomic E-state index is 10.8. The summed E-state index contributed by atoms with van der Waals surface area (Å²) in [5, 5.41) is 28.1. The third-order valence-electron chi connectivity index (χ3n) is 2.82. The van der Waals surface area contributed by atoms with Gasteiger partial charge in [0.2, 0.25) is 0 Å². The van der Waals surface area contributed by atoms with Crippen LogP contribution in [-0.4, -0.2) is 40.2 Å². The van der Waals surface area contributed by atoms with E-state index in [2.05, 4.69) is 0 Å². The molecule has 0 aromatic heterocycles. The lowest BCUT2D eigenvalue weighted by molar-refractivity contribution is -0.384. The van der Waals surface area contributed by atoms with E-state index < -0.39 is 16.9 Å². The zero-order valence-corrected chi connectivity index (χ0v) is 11.3. The molecule has 0 aliphatic heterocycles. The SMILES string of the molecule is O=C(O)CCCN(CCC(=O)O)c1cccc([N+](=O)[O-])c1. The molecule has 1 aromatic rings. The molecule has 8 heteroatoms. The van der Waals surface area contributed by atoms with E-state index in [1.807, 2.05) is 0 Å². The molecule has 8 nitrogen and oxygen atoms in total. The van der Waals surface area contributed by atoms with Crippen molar-refractivity contribution in [2.24, 2.45) is 0 Å². The van der Waals surface area contributed by atoms with E-state index in [0.717, 1.165) is 0 Å². The van der Waals surface area contributed by atoms with Gasteiger partial charge < -0.3 is 15.1 Å². The molecule has 0 aliphatic carbocycles. The predicted molar refractivity (Wildman–Crippen MR) is 74.4 cm³/mol. The van der Waals surface area contributed by atoms with E-state index in [1.165, 1.54) is 18.2 Å². The van der Waals surface area contributed by atoms with Gasteiger partial charge in [-0.2, -0.15) is 0 Å². The number of aliphatic carboxylic acids is 2. The van der Waals surface area contributed by atoms with Crippen LogP contribution in [0.5, 0.6) is 0 Å². The molecule has 0 saturated carbocycles. The van der Waals surface area contributed by atoms with Crippen LogP contribution in [0, 0.1) is 10.1 Å². The van der Waals surface area contributed by atoms with Crippen LogP contribution in [0.2, 0.25) is 0 Å². The van der Waals surface area contributed by atoms with Gasteiger partial charge in [-0.3, -0.25) is 19.7 Å². The minimum atomic E-state index is -0.983. The van der Waals surface area contributed by atoms with Gasteiger partial charge in [0, 0.05) is 37.3 Å². The molecule has 0 bridgehead atoms. The van der Waals surface area contributed by atoms with E-state index in [0.29, 0.717) is 18.7 Å². The van der Waals surface area contributed by atoms with Crippen molar-refractivity contribution >= 4 is 23.3 Å². The molecule has 2 N–H and O–H groups in total. The standard InChI is InChI=1S/C13H16N2O6/c16-12(17)5-2-7-14(8-6-13(18)19)10-3-1-4-11(9-10)15(20)21/h1,3-4,9H,2,5-8H2,(H,16,17)(H,18,19). The normalized spacial score (nSPS) is 10.1. The zero-order valence-electron chi connectivity index (χ0n) is 11.3. The number of hydrogen-bond donors (Lipinski definition) is 2. The predicted octanol–water partition coefficient (Wildman–Crippen LogP) is 1.74. The number of benzene rings is 1. The summed E-state index contributed by atoms with van der Waals surface area (Å²) < 4.78 is 0. The largest absolute Gasteiger partial charge is 0.481 e. The van der Waals surface area contributed by atoms with Crippen molar-refractivity contribution in [3.05, 3.63) is 34.4 Å². The second-order valence-electron chi connectivity index (χ2n) is 4.41. The summed E-state index contributed by atoms with van der Waals surface area (Å²) in [7, 11) is 0. The van der Waals surface area contributed by atoms with Gasteiger partial charge in [0.1, 0.15) is 0 Å². The fourth-order valence-corrected chi connectivity index (χ4v) is 1.83. The second-order valence-corrected chi connectivity index (χ2v) is 4.41. The Bertz CT molecular complexity index is 531. The third-order valence-corrected chi connectivity index (χ3v) is 2.82. The summed E-state index contributed by atoms with van der Waals surface area (Å²) in [6.45, 7) is 0.483. The number of non-ortho nitro benzene ring substituents is 1.